The number of hydrogen-bond acceptors (Lipinski definition) is 4. The van der Waals surface area contributed by atoms with E-state index >= 15 is 0 Å². The lowest BCUT2D eigenvalue weighted by Gasteiger charge is -2.32. The number of anilines is 1. The fourth-order valence-electron chi connectivity index (χ4n) is 2.30. The zero-order chi connectivity index (χ0) is 14.8. The molecule has 1 aromatic heterocycles. The molecule has 0 saturated carbocycles. The Hall–Kier alpha value is -1.62. The van der Waals surface area contributed by atoms with Crippen molar-refractivity contribution in [2.24, 2.45) is 5.73 Å². The van der Waals surface area contributed by atoms with E-state index in [0.717, 1.165) is 38.2 Å². The third-order valence-electron chi connectivity index (χ3n) is 3.33. The molecule has 0 radical (unpaired) electrons. The van der Waals surface area contributed by atoms with E-state index in [4.69, 9.17) is 0 Å². The van der Waals surface area contributed by atoms with Crippen LogP contribution >= 0.6 is 0 Å². The first-order valence-corrected chi connectivity index (χ1v) is 7.32. The zero-order valence-corrected chi connectivity index (χ0v) is 12.5. The van der Waals surface area contributed by atoms with Crippen LogP contribution in [0.25, 0.3) is 0 Å². The molecule has 0 aliphatic carbocycles. The SMILES string of the molecule is CCCC(=O)N1CCC(Nc2ccccn2)CC1.CN. The number of aromatic nitrogens is 1. The number of carbonyl (C=O) groups is 1. The lowest BCUT2D eigenvalue weighted by atomic mass is 10.0. The van der Waals surface area contributed by atoms with Crippen LogP contribution in [0, 0.1) is 0 Å². The molecule has 0 aromatic carbocycles. The van der Waals surface area contributed by atoms with E-state index in [1.807, 2.05) is 30.0 Å². The van der Waals surface area contributed by atoms with E-state index in [9.17, 15) is 4.79 Å². The van der Waals surface area contributed by atoms with Crippen LogP contribution in [-0.2, 0) is 4.79 Å². The summed E-state index contributed by atoms with van der Waals surface area (Å²) in [5, 5.41) is 3.42. The predicted molar refractivity (Wildman–Crippen MR) is 82.5 cm³/mol. The Morgan fingerprint density at radius 3 is 2.65 bits per heavy atom. The van der Waals surface area contributed by atoms with Gasteiger partial charge in [-0.15, -0.1) is 0 Å². The summed E-state index contributed by atoms with van der Waals surface area (Å²) >= 11 is 0. The van der Waals surface area contributed by atoms with E-state index < -0.39 is 0 Å². The highest BCUT2D eigenvalue weighted by Crippen LogP contribution is 2.15. The molecule has 1 aliphatic rings. The van der Waals surface area contributed by atoms with Crippen molar-refractivity contribution in [3.63, 3.8) is 0 Å². The fraction of sp³-hybridized carbons (Fsp3) is 0.600. The van der Waals surface area contributed by atoms with Gasteiger partial charge in [-0.3, -0.25) is 4.79 Å². The van der Waals surface area contributed by atoms with Crippen molar-refractivity contribution in [3.8, 4) is 0 Å². The summed E-state index contributed by atoms with van der Waals surface area (Å²) < 4.78 is 0. The third-order valence-corrected chi connectivity index (χ3v) is 3.33. The van der Waals surface area contributed by atoms with E-state index in [1.165, 1.54) is 7.05 Å². The maximum atomic E-state index is 11.8. The lowest BCUT2D eigenvalue weighted by Crippen LogP contribution is -2.42. The van der Waals surface area contributed by atoms with Crippen molar-refractivity contribution >= 4 is 11.7 Å². The van der Waals surface area contributed by atoms with E-state index in [0.29, 0.717) is 18.4 Å². The summed E-state index contributed by atoms with van der Waals surface area (Å²) in [6.45, 7) is 3.78. The van der Waals surface area contributed by atoms with Gasteiger partial charge in [-0.05, 0) is 38.4 Å². The summed E-state index contributed by atoms with van der Waals surface area (Å²) in [6.07, 6.45) is 5.42. The molecule has 1 saturated heterocycles. The average Bonchev–Trinajstić information content (AvgIpc) is 2.51. The quantitative estimate of drug-likeness (QED) is 0.882. The zero-order valence-electron chi connectivity index (χ0n) is 12.5. The van der Waals surface area contributed by atoms with Crippen LogP contribution < -0.4 is 11.1 Å². The molecule has 1 aliphatic heterocycles. The number of amides is 1. The highest BCUT2D eigenvalue weighted by molar-refractivity contribution is 5.76. The second-order valence-electron chi connectivity index (χ2n) is 4.76. The second-order valence-corrected chi connectivity index (χ2v) is 4.76. The van der Waals surface area contributed by atoms with Gasteiger partial charge >= 0.3 is 0 Å². The number of nitrogens with two attached hydrogens (primary N) is 1. The fourth-order valence-corrected chi connectivity index (χ4v) is 2.30. The Bertz CT molecular complexity index is 375. The highest BCUT2D eigenvalue weighted by Gasteiger charge is 2.22. The Morgan fingerprint density at radius 1 is 1.40 bits per heavy atom. The summed E-state index contributed by atoms with van der Waals surface area (Å²) in [4.78, 5) is 18.0. The van der Waals surface area contributed by atoms with Gasteiger partial charge < -0.3 is 16.0 Å². The van der Waals surface area contributed by atoms with Crippen LogP contribution in [0.5, 0.6) is 0 Å². The number of nitrogens with zero attached hydrogens (tertiary/aromatic N) is 2. The molecular weight excluding hydrogens is 252 g/mol. The smallest absolute Gasteiger partial charge is 0.222 e. The molecule has 20 heavy (non-hydrogen) atoms. The maximum absolute atomic E-state index is 11.8. The van der Waals surface area contributed by atoms with Crippen LogP contribution in [0.2, 0.25) is 0 Å². The van der Waals surface area contributed by atoms with Crippen molar-refractivity contribution in [2.45, 2.75) is 38.6 Å². The standard InChI is InChI=1S/C14H21N3O.CH5N/c1-2-5-14(18)17-10-7-12(8-11-17)16-13-6-3-4-9-15-13;1-2/h3-4,6,9,12H,2,5,7-8,10-11H2,1H3,(H,15,16);2H2,1H3. The Kier molecular flexibility index (Phi) is 7.65. The molecule has 3 N–H and O–H groups in total. The summed E-state index contributed by atoms with van der Waals surface area (Å²) in [7, 11) is 1.50. The molecule has 0 atom stereocenters. The number of piperidine rings is 1. The Balaban J connectivity index is 0.000000956. The minimum Gasteiger partial charge on any atom is -0.367 e. The molecule has 5 nitrogen and oxygen atoms in total. The average molecular weight is 278 g/mol. The van der Waals surface area contributed by atoms with E-state index in [-0.39, 0.29) is 0 Å². The van der Waals surface area contributed by atoms with Crippen molar-refractivity contribution in [2.75, 3.05) is 25.5 Å². The first-order valence-electron chi connectivity index (χ1n) is 7.32. The van der Waals surface area contributed by atoms with Crippen LogP contribution in [-0.4, -0.2) is 42.0 Å². The molecule has 2 heterocycles. The summed E-state index contributed by atoms with van der Waals surface area (Å²) in [5.41, 5.74) is 4.50. The van der Waals surface area contributed by atoms with E-state index in [2.05, 4.69) is 16.0 Å². The topological polar surface area (TPSA) is 71.2 Å². The van der Waals surface area contributed by atoms with Gasteiger partial charge in [0.1, 0.15) is 5.82 Å². The number of pyridine rings is 1. The molecule has 0 unspecified atom stereocenters. The van der Waals surface area contributed by atoms with Gasteiger partial charge in [0.15, 0.2) is 0 Å². The molecule has 0 bridgehead atoms. The van der Waals surface area contributed by atoms with Gasteiger partial charge in [-0.25, -0.2) is 4.98 Å². The van der Waals surface area contributed by atoms with Crippen LogP contribution in [0.15, 0.2) is 24.4 Å². The van der Waals surface area contributed by atoms with Crippen molar-refractivity contribution in [1.82, 2.24) is 9.88 Å². The first-order chi connectivity index (χ1) is 9.79. The largest absolute Gasteiger partial charge is 0.367 e. The van der Waals surface area contributed by atoms with Crippen molar-refractivity contribution in [1.29, 1.82) is 0 Å². The molecule has 0 spiro atoms. The molecule has 1 aromatic rings. The molecule has 2 rings (SSSR count). The molecule has 1 fully saturated rings. The molecule has 1 amide bonds. The highest BCUT2D eigenvalue weighted by atomic mass is 16.2. The normalized spacial score (nSPS) is 15.2. The van der Waals surface area contributed by atoms with Crippen LogP contribution in [0.1, 0.15) is 32.6 Å². The number of likely N-dealkylation sites (tertiary alicyclic amines) is 1. The number of hydrogen-bond donors (Lipinski definition) is 2. The van der Waals surface area contributed by atoms with Crippen molar-refractivity contribution < 1.29 is 4.79 Å². The summed E-state index contributed by atoms with van der Waals surface area (Å²) in [6, 6.07) is 6.31. The van der Waals surface area contributed by atoms with Gasteiger partial charge in [-0.2, -0.15) is 0 Å². The van der Waals surface area contributed by atoms with E-state index in [1.54, 1.807) is 6.20 Å². The molecule has 112 valence electrons. The predicted octanol–water partition coefficient (Wildman–Crippen LogP) is 1.86. The molecular formula is C15H26N4O. The van der Waals surface area contributed by atoms with Gasteiger partial charge in [-0.1, -0.05) is 13.0 Å². The monoisotopic (exact) mass is 278 g/mol. The third kappa shape index (κ3) is 5.17. The van der Waals surface area contributed by atoms with Crippen LogP contribution in [0.3, 0.4) is 0 Å². The van der Waals surface area contributed by atoms with Gasteiger partial charge in [0.2, 0.25) is 5.91 Å². The minimum absolute atomic E-state index is 0.300. The number of rotatable bonds is 4. The number of nitrogens with one attached hydrogen (secondary N) is 1. The number of carbonyl (C=O) groups excluding carboxylic acids is 1. The maximum Gasteiger partial charge on any atom is 0.222 e. The minimum atomic E-state index is 0.300. The summed E-state index contributed by atoms with van der Waals surface area (Å²) in [5.74, 6) is 1.23. The van der Waals surface area contributed by atoms with Crippen LogP contribution in [0.4, 0.5) is 5.82 Å². The Labute approximate surface area is 121 Å². The molecule has 5 heteroatoms. The first kappa shape index (κ1) is 16.4. The van der Waals surface area contributed by atoms with Gasteiger partial charge in [0.05, 0.1) is 0 Å². The van der Waals surface area contributed by atoms with Crippen molar-refractivity contribution in [3.05, 3.63) is 24.4 Å². The second kappa shape index (κ2) is 9.31. The lowest BCUT2D eigenvalue weighted by molar-refractivity contribution is -0.132. The van der Waals surface area contributed by atoms with Gasteiger partial charge in [0.25, 0.3) is 0 Å². The Morgan fingerprint density at radius 2 is 2.10 bits per heavy atom. The van der Waals surface area contributed by atoms with Gasteiger partial charge in [0, 0.05) is 31.7 Å².